The minimum absolute atomic E-state index is 0.00511. The van der Waals surface area contributed by atoms with Crippen molar-refractivity contribution in [1.29, 1.82) is 5.26 Å². The first kappa shape index (κ1) is 22.7. The number of benzene rings is 2. The summed E-state index contributed by atoms with van der Waals surface area (Å²) >= 11 is 6.31. The van der Waals surface area contributed by atoms with E-state index >= 15 is 0 Å². The van der Waals surface area contributed by atoms with Gasteiger partial charge in [0.05, 0.1) is 21.3 Å². The van der Waals surface area contributed by atoms with Crippen molar-refractivity contribution in [1.82, 2.24) is 9.97 Å². The van der Waals surface area contributed by atoms with Gasteiger partial charge < -0.3 is 24.8 Å². The van der Waals surface area contributed by atoms with Crippen LogP contribution < -0.4 is 24.8 Å². The van der Waals surface area contributed by atoms with Crippen molar-refractivity contribution in [3.05, 3.63) is 47.2 Å². The summed E-state index contributed by atoms with van der Waals surface area (Å²) in [6.45, 7) is 1.42. The predicted octanol–water partition coefficient (Wildman–Crippen LogP) is 4.40. The molecule has 0 radical (unpaired) electrons. The van der Waals surface area contributed by atoms with E-state index in [4.69, 9.17) is 25.8 Å². The molecule has 9 nitrogen and oxygen atoms in total. The van der Waals surface area contributed by atoms with Crippen LogP contribution in [0.2, 0.25) is 5.15 Å². The highest BCUT2D eigenvalue weighted by Crippen LogP contribution is 2.41. The summed E-state index contributed by atoms with van der Waals surface area (Å²) in [7, 11) is 4.52. The smallest absolute Gasteiger partial charge is 0.221 e. The third kappa shape index (κ3) is 4.82. The Labute approximate surface area is 189 Å². The van der Waals surface area contributed by atoms with Gasteiger partial charge in [-0.1, -0.05) is 23.7 Å². The zero-order valence-corrected chi connectivity index (χ0v) is 18.6. The Kier molecular flexibility index (Phi) is 6.97. The molecule has 0 atom stereocenters. The fourth-order valence-electron chi connectivity index (χ4n) is 3.00. The Balaban J connectivity index is 2.07. The summed E-state index contributed by atoms with van der Waals surface area (Å²) < 4.78 is 16.1. The number of amides is 1. The SMILES string of the molecule is COc1cc(Nc2nc(-c3cccc(NC(C)=O)c3)c(Cl)nc2C#N)cc(OC)c1OC. The number of hydrogen-bond acceptors (Lipinski definition) is 8. The molecule has 0 unspecified atom stereocenters. The fourth-order valence-corrected chi connectivity index (χ4v) is 3.24. The maximum Gasteiger partial charge on any atom is 0.221 e. The molecule has 2 N–H and O–H groups in total. The van der Waals surface area contributed by atoms with Crippen LogP contribution in [0.3, 0.4) is 0 Å². The van der Waals surface area contributed by atoms with Crippen LogP contribution in [-0.2, 0) is 4.79 Å². The van der Waals surface area contributed by atoms with Gasteiger partial charge in [-0.25, -0.2) is 9.97 Å². The molecule has 10 heteroatoms. The lowest BCUT2D eigenvalue weighted by Gasteiger charge is -2.16. The van der Waals surface area contributed by atoms with Crippen LogP contribution in [0.4, 0.5) is 17.2 Å². The van der Waals surface area contributed by atoms with E-state index in [2.05, 4.69) is 20.6 Å². The van der Waals surface area contributed by atoms with Crippen LogP contribution in [0.15, 0.2) is 36.4 Å². The van der Waals surface area contributed by atoms with Crippen molar-refractivity contribution < 1.29 is 19.0 Å². The normalized spacial score (nSPS) is 10.1. The predicted molar refractivity (Wildman–Crippen MR) is 121 cm³/mol. The summed E-state index contributed by atoms with van der Waals surface area (Å²) in [5.74, 6) is 1.27. The molecule has 3 aromatic rings. The van der Waals surface area contributed by atoms with Gasteiger partial charge in [-0.05, 0) is 12.1 Å². The first-order valence-corrected chi connectivity index (χ1v) is 9.70. The average Bonchev–Trinajstić information content (AvgIpc) is 2.78. The summed E-state index contributed by atoms with van der Waals surface area (Å²) in [4.78, 5) is 20.1. The van der Waals surface area contributed by atoms with Gasteiger partial charge in [0.15, 0.2) is 28.2 Å². The average molecular weight is 454 g/mol. The minimum atomic E-state index is -0.205. The second-order valence-electron chi connectivity index (χ2n) is 6.47. The Bertz CT molecular complexity index is 1180. The molecule has 1 aromatic heterocycles. The van der Waals surface area contributed by atoms with Crippen molar-refractivity contribution in [2.24, 2.45) is 0 Å². The summed E-state index contributed by atoms with van der Waals surface area (Å²) in [6, 6.07) is 12.3. The number of methoxy groups -OCH3 is 3. The molecule has 0 saturated carbocycles. The number of aromatic nitrogens is 2. The number of rotatable bonds is 7. The van der Waals surface area contributed by atoms with Gasteiger partial charge in [-0.15, -0.1) is 0 Å². The lowest BCUT2D eigenvalue weighted by molar-refractivity contribution is -0.114. The largest absolute Gasteiger partial charge is 0.493 e. The molecular weight excluding hydrogens is 434 g/mol. The number of hydrogen-bond donors (Lipinski definition) is 2. The first-order chi connectivity index (χ1) is 15.4. The number of nitrogens with one attached hydrogen (secondary N) is 2. The molecule has 32 heavy (non-hydrogen) atoms. The molecule has 3 rings (SSSR count). The summed E-state index contributed by atoms with van der Waals surface area (Å²) in [6.07, 6.45) is 0. The second-order valence-corrected chi connectivity index (χ2v) is 6.83. The van der Waals surface area contributed by atoms with Crippen molar-refractivity contribution in [2.45, 2.75) is 6.92 Å². The maximum atomic E-state index is 11.4. The van der Waals surface area contributed by atoms with Crippen molar-refractivity contribution in [2.75, 3.05) is 32.0 Å². The van der Waals surface area contributed by atoms with E-state index < -0.39 is 0 Å². The topological polar surface area (TPSA) is 118 Å². The van der Waals surface area contributed by atoms with E-state index in [1.165, 1.54) is 28.3 Å². The van der Waals surface area contributed by atoms with Gasteiger partial charge in [-0.3, -0.25) is 4.79 Å². The van der Waals surface area contributed by atoms with Crippen molar-refractivity contribution >= 4 is 34.7 Å². The quantitative estimate of drug-likeness (QED) is 0.540. The number of halogens is 1. The van der Waals surface area contributed by atoms with E-state index in [0.717, 1.165) is 0 Å². The number of ether oxygens (including phenoxy) is 3. The zero-order chi connectivity index (χ0) is 23.3. The molecule has 0 aliphatic carbocycles. The number of anilines is 3. The standard InChI is InChI=1S/C22H20ClN5O4/c1-12(29)25-14-7-5-6-13(8-14)19-21(23)27-16(11-24)22(28-19)26-15-9-17(30-2)20(32-4)18(10-15)31-3/h5-10H,1-4H3,(H,25,29)(H,26,28). The van der Waals surface area contributed by atoms with Crippen molar-refractivity contribution in [3.63, 3.8) is 0 Å². The highest BCUT2D eigenvalue weighted by atomic mass is 35.5. The van der Waals surface area contributed by atoms with Crippen LogP contribution in [0.25, 0.3) is 11.3 Å². The Morgan fingerprint density at radius 1 is 1.03 bits per heavy atom. The van der Waals surface area contributed by atoms with Gasteiger partial charge >= 0.3 is 0 Å². The lowest BCUT2D eigenvalue weighted by atomic mass is 10.1. The van der Waals surface area contributed by atoms with Crippen molar-refractivity contribution in [3.8, 4) is 34.6 Å². The van der Waals surface area contributed by atoms with E-state index in [0.29, 0.717) is 39.9 Å². The van der Waals surface area contributed by atoms with E-state index in [1.54, 1.807) is 36.4 Å². The molecule has 1 amide bonds. The molecular formula is C22H20ClN5O4. The second kappa shape index (κ2) is 9.85. The Morgan fingerprint density at radius 2 is 1.72 bits per heavy atom. The maximum absolute atomic E-state index is 11.4. The third-order valence-corrected chi connectivity index (χ3v) is 4.61. The fraction of sp³-hybridized carbons (Fsp3) is 0.182. The lowest BCUT2D eigenvalue weighted by Crippen LogP contribution is -2.06. The molecule has 164 valence electrons. The van der Waals surface area contributed by atoms with E-state index in [-0.39, 0.29) is 22.6 Å². The number of carbonyl (C=O) groups excluding carboxylic acids is 1. The van der Waals surface area contributed by atoms with Gasteiger partial charge in [0, 0.05) is 36.0 Å². The number of nitriles is 1. The summed E-state index contributed by atoms with van der Waals surface area (Å²) in [5, 5.41) is 15.4. The molecule has 2 aromatic carbocycles. The highest BCUT2D eigenvalue weighted by Gasteiger charge is 2.18. The van der Waals surface area contributed by atoms with Crippen LogP contribution in [0.5, 0.6) is 17.2 Å². The Morgan fingerprint density at radius 3 is 2.28 bits per heavy atom. The monoisotopic (exact) mass is 453 g/mol. The molecule has 0 aliphatic rings. The van der Waals surface area contributed by atoms with E-state index in [1.807, 2.05) is 6.07 Å². The van der Waals surface area contributed by atoms with Crippen LogP contribution in [0, 0.1) is 11.3 Å². The molecule has 0 fully saturated rings. The van der Waals surface area contributed by atoms with Gasteiger partial charge in [-0.2, -0.15) is 5.26 Å². The van der Waals surface area contributed by atoms with Crippen LogP contribution in [0.1, 0.15) is 12.6 Å². The third-order valence-electron chi connectivity index (χ3n) is 4.34. The molecule has 0 spiro atoms. The minimum Gasteiger partial charge on any atom is -0.493 e. The zero-order valence-electron chi connectivity index (χ0n) is 17.8. The van der Waals surface area contributed by atoms with Gasteiger partial charge in [0.1, 0.15) is 11.8 Å². The first-order valence-electron chi connectivity index (χ1n) is 9.32. The molecule has 0 aliphatic heterocycles. The molecule has 1 heterocycles. The summed E-state index contributed by atoms with van der Waals surface area (Å²) in [5.41, 5.74) is 2.08. The Hall–Kier alpha value is -4.03. The highest BCUT2D eigenvalue weighted by molar-refractivity contribution is 6.32. The van der Waals surface area contributed by atoms with E-state index in [9.17, 15) is 10.1 Å². The number of nitrogens with zero attached hydrogens (tertiary/aromatic N) is 3. The van der Waals surface area contributed by atoms with Gasteiger partial charge in [0.2, 0.25) is 11.7 Å². The van der Waals surface area contributed by atoms with Gasteiger partial charge in [0.25, 0.3) is 0 Å². The van der Waals surface area contributed by atoms with Crippen LogP contribution >= 0.6 is 11.6 Å². The number of carbonyl (C=O) groups is 1. The molecule has 0 bridgehead atoms. The van der Waals surface area contributed by atoms with Crippen LogP contribution in [-0.4, -0.2) is 37.2 Å². The molecule has 0 saturated heterocycles.